The van der Waals surface area contributed by atoms with Gasteiger partial charge >= 0.3 is 0 Å². The van der Waals surface area contributed by atoms with Gasteiger partial charge in [-0.3, -0.25) is 4.79 Å². The standard InChI is InChI=1S/C18H23N3OS/c1-11-5-6-15(12(2)9-11)17-20-14(4)16(23-17)18(22)21-8-7-19-10-13(21)3/h5-6,9,13,19H,7-8,10H2,1-4H3/t13-/m0/s1. The fraction of sp³-hybridized carbons (Fsp3) is 0.444. The zero-order valence-electron chi connectivity index (χ0n) is 14.1. The highest BCUT2D eigenvalue weighted by Gasteiger charge is 2.27. The summed E-state index contributed by atoms with van der Waals surface area (Å²) in [4.78, 5) is 20.3. The number of rotatable bonds is 2. The summed E-state index contributed by atoms with van der Waals surface area (Å²) in [7, 11) is 0. The molecule has 0 spiro atoms. The van der Waals surface area contributed by atoms with Crippen LogP contribution in [0.3, 0.4) is 0 Å². The molecule has 23 heavy (non-hydrogen) atoms. The minimum Gasteiger partial charge on any atom is -0.333 e. The molecule has 1 aromatic carbocycles. The molecule has 0 bridgehead atoms. The van der Waals surface area contributed by atoms with Crippen LogP contribution in [0, 0.1) is 20.8 Å². The summed E-state index contributed by atoms with van der Waals surface area (Å²) in [5.74, 6) is 0.116. The minimum absolute atomic E-state index is 0.116. The topological polar surface area (TPSA) is 45.2 Å². The van der Waals surface area contributed by atoms with E-state index in [0.29, 0.717) is 0 Å². The Balaban J connectivity index is 1.93. The summed E-state index contributed by atoms with van der Waals surface area (Å²) in [6.45, 7) is 10.7. The first-order valence-electron chi connectivity index (χ1n) is 8.04. The fourth-order valence-electron chi connectivity index (χ4n) is 3.04. The number of carbonyl (C=O) groups excluding carboxylic acids is 1. The number of carbonyl (C=O) groups is 1. The van der Waals surface area contributed by atoms with Gasteiger partial charge in [0.1, 0.15) is 9.88 Å². The Morgan fingerprint density at radius 2 is 2.13 bits per heavy atom. The van der Waals surface area contributed by atoms with Gasteiger partial charge in [0.15, 0.2) is 0 Å². The minimum atomic E-state index is 0.116. The smallest absolute Gasteiger partial charge is 0.266 e. The van der Waals surface area contributed by atoms with Gasteiger partial charge in [0, 0.05) is 31.2 Å². The molecule has 0 saturated carbocycles. The molecular weight excluding hydrogens is 306 g/mol. The quantitative estimate of drug-likeness (QED) is 0.920. The second-order valence-electron chi connectivity index (χ2n) is 6.30. The van der Waals surface area contributed by atoms with E-state index >= 15 is 0 Å². The lowest BCUT2D eigenvalue weighted by molar-refractivity contribution is 0.0660. The van der Waals surface area contributed by atoms with Gasteiger partial charge in [-0.1, -0.05) is 23.8 Å². The highest BCUT2D eigenvalue weighted by molar-refractivity contribution is 7.17. The molecule has 1 aliphatic heterocycles. The van der Waals surface area contributed by atoms with Gasteiger partial charge in [-0.2, -0.15) is 0 Å². The predicted octanol–water partition coefficient (Wildman–Crippen LogP) is 3.17. The zero-order valence-corrected chi connectivity index (χ0v) is 15.0. The van der Waals surface area contributed by atoms with Crippen LogP contribution in [0.4, 0.5) is 0 Å². The van der Waals surface area contributed by atoms with Crippen molar-refractivity contribution in [2.24, 2.45) is 0 Å². The molecule has 2 aromatic rings. The molecule has 1 aliphatic rings. The van der Waals surface area contributed by atoms with Crippen molar-refractivity contribution in [3.8, 4) is 10.6 Å². The first-order valence-corrected chi connectivity index (χ1v) is 8.85. The van der Waals surface area contributed by atoms with E-state index in [2.05, 4.69) is 49.3 Å². The maximum Gasteiger partial charge on any atom is 0.266 e. The molecular formula is C18H23N3OS. The molecule has 122 valence electrons. The number of thiazole rings is 1. The third-order valence-electron chi connectivity index (χ3n) is 4.37. The number of benzene rings is 1. The number of aromatic nitrogens is 1. The van der Waals surface area contributed by atoms with Gasteiger partial charge in [0.2, 0.25) is 0 Å². The van der Waals surface area contributed by atoms with Gasteiger partial charge in [-0.25, -0.2) is 4.98 Å². The molecule has 1 amide bonds. The van der Waals surface area contributed by atoms with Crippen LogP contribution in [0.5, 0.6) is 0 Å². The normalized spacial score (nSPS) is 18.3. The van der Waals surface area contributed by atoms with E-state index in [9.17, 15) is 4.79 Å². The Morgan fingerprint density at radius 1 is 1.35 bits per heavy atom. The number of piperazine rings is 1. The van der Waals surface area contributed by atoms with Crippen LogP contribution >= 0.6 is 11.3 Å². The van der Waals surface area contributed by atoms with Crippen LogP contribution in [0.25, 0.3) is 10.6 Å². The maximum absolute atomic E-state index is 12.9. The highest BCUT2D eigenvalue weighted by atomic mass is 32.1. The van der Waals surface area contributed by atoms with Crippen LogP contribution in [0.1, 0.15) is 33.4 Å². The first kappa shape index (κ1) is 16.1. The van der Waals surface area contributed by atoms with E-state index in [0.717, 1.165) is 40.8 Å². The predicted molar refractivity (Wildman–Crippen MR) is 95.1 cm³/mol. The van der Waals surface area contributed by atoms with Crippen molar-refractivity contribution < 1.29 is 4.79 Å². The second-order valence-corrected chi connectivity index (χ2v) is 7.30. The molecule has 2 heterocycles. The summed E-state index contributed by atoms with van der Waals surface area (Å²) in [5.41, 5.74) is 4.40. The lowest BCUT2D eigenvalue weighted by atomic mass is 10.1. The molecule has 1 aromatic heterocycles. The number of amides is 1. The lowest BCUT2D eigenvalue weighted by Gasteiger charge is -2.33. The third kappa shape index (κ3) is 3.16. The van der Waals surface area contributed by atoms with Crippen molar-refractivity contribution in [2.75, 3.05) is 19.6 Å². The largest absolute Gasteiger partial charge is 0.333 e. The Labute approximate surface area is 141 Å². The Morgan fingerprint density at radius 3 is 2.83 bits per heavy atom. The number of hydrogen-bond donors (Lipinski definition) is 1. The van der Waals surface area contributed by atoms with Crippen LogP contribution in [-0.2, 0) is 0 Å². The molecule has 1 fully saturated rings. The summed E-state index contributed by atoms with van der Waals surface area (Å²) in [6.07, 6.45) is 0. The van der Waals surface area contributed by atoms with Gasteiger partial charge in [0.25, 0.3) is 5.91 Å². The Bertz CT molecular complexity index is 738. The van der Waals surface area contributed by atoms with Crippen molar-refractivity contribution in [1.82, 2.24) is 15.2 Å². The SMILES string of the molecule is Cc1ccc(-c2nc(C)c(C(=O)N3CCNC[C@@H]3C)s2)c(C)c1. The van der Waals surface area contributed by atoms with E-state index in [4.69, 9.17) is 0 Å². The van der Waals surface area contributed by atoms with Crippen LogP contribution in [0.15, 0.2) is 18.2 Å². The molecule has 5 heteroatoms. The maximum atomic E-state index is 12.9. The molecule has 1 N–H and O–H groups in total. The number of nitrogens with zero attached hydrogens (tertiary/aromatic N) is 2. The lowest BCUT2D eigenvalue weighted by Crippen LogP contribution is -2.52. The van der Waals surface area contributed by atoms with Crippen molar-refractivity contribution in [3.05, 3.63) is 39.9 Å². The first-order chi connectivity index (χ1) is 11.0. The van der Waals surface area contributed by atoms with Crippen LogP contribution in [0.2, 0.25) is 0 Å². The van der Waals surface area contributed by atoms with E-state index in [1.807, 2.05) is 11.8 Å². The average molecular weight is 329 g/mol. The number of aryl methyl sites for hydroxylation is 3. The molecule has 0 aliphatic carbocycles. The molecule has 0 radical (unpaired) electrons. The summed E-state index contributed by atoms with van der Waals surface area (Å²) in [6, 6.07) is 6.58. The van der Waals surface area contributed by atoms with E-state index in [1.165, 1.54) is 22.5 Å². The van der Waals surface area contributed by atoms with Crippen molar-refractivity contribution in [3.63, 3.8) is 0 Å². The van der Waals surface area contributed by atoms with Gasteiger partial charge < -0.3 is 10.2 Å². The van der Waals surface area contributed by atoms with Crippen molar-refractivity contribution in [2.45, 2.75) is 33.7 Å². The third-order valence-corrected chi connectivity index (χ3v) is 5.54. The van der Waals surface area contributed by atoms with Crippen LogP contribution in [-0.4, -0.2) is 41.5 Å². The monoisotopic (exact) mass is 329 g/mol. The molecule has 1 saturated heterocycles. The average Bonchev–Trinajstić information content (AvgIpc) is 2.88. The van der Waals surface area contributed by atoms with E-state index < -0.39 is 0 Å². The summed E-state index contributed by atoms with van der Waals surface area (Å²) < 4.78 is 0. The summed E-state index contributed by atoms with van der Waals surface area (Å²) in [5, 5.41) is 4.26. The van der Waals surface area contributed by atoms with Crippen molar-refractivity contribution in [1.29, 1.82) is 0 Å². The zero-order chi connectivity index (χ0) is 16.6. The fourth-order valence-corrected chi connectivity index (χ4v) is 4.15. The van der Waals surface area contributed by atoms with Crippen molar-refractivity contribution >= 4 is 17.2 Å². The summed E-state index contributed by atoms with van der Waals surface area (Å²) >= 11 is 1.51. The molecule has 0 unspecified atom stereocenters. The second kappa shape index (κ2) is 6.42. The molecule has 3 rings (SSSR count). The molecule has 1 atom stereocenters. The Kier molecular flexibility index (Phi) is 4.50. The number of nitrogens with one attached hydrogen (secondary N) is 1. The number of hydrogen-bond acceptors (Lipinski definition) is 4. The Hall–Kier alpha value is -1.72. The van der Waals surface area contributed by atoms with Gasteiger partial charge in [0.05, 0.1) is 5.69 Å². The highest BCUT2D eigenvalue weighted by Crippen LogP contribution is 2.31. The van der Waals surface area contributed by atoms with Gasteiger partial charge in [-0.05, 0) is 33.3 Å². The van der Waals surface area contributed by atoms with E-state index in [1.54, 1.807) is 0 Å². The van der Waals surface area contributed by atoms with Crippen LogP contribution < -0.4 is 5.32 Å². The van der Waals surface area contributed by atoms with E-state index in [-0.39, 0.29) is 11.9 Å². The molecule has 4 nitrogen and oxygen atoms in total. The van der Waals surface area contributed by atoms with Gasteiger partial charge in [-0.15, -0.1) is 11.3 Å².